The van der Waals surface area contributed by atoms with E-state index in [0.29, 0.717) is 24.0 Å². The summed E-state index contributed by atoms with van der Waals surface area (Å²) in [5.41, 5.74) is 3.82. The molecule has 29 heavy (non-hydrogen) atoms. The molecule has 0 aliphatic heterocycles. The molecular formula is C22H30N4O3. The van der Waals surface area contributed by atoms with E-state index in [-0.39, 0.29) is 17.5 Å². The van der Waals surface area contributed by atoms with Gasteiger partial charge in [0.1, 0.15) is 6.07 Å². The SMILES string of the molecule is CCCCCOc1ccc(C=NNc2oc(C(CC)CC)nc2C#N)cc1OC. The number of hydrogen-bond donors (Lipinski definition) is 1. The minimum atomic E-state index is 0.191. The van der Waals surface area contributed by atoms with E-state index >= 15 is 0 Å². The Kier molecular flexibility index (Phi) is 9.03. The summed E-state index contributed by atoms with van der Waals surface area (Å²) in [6.07, 6.45) is 6.74. The van der Waals surface area contributed by atoms with Gasteiger partial charge in [0.05, 0.1) is 19.9 Å². The molecule has 0 atom stereocenters. The van der Waals surface area contributed by atoms with Crippen molar-refractivity contribution in [3.05, 3.63) is 35.3 Å². The average molecular weight is 399 g/mol. The molecule has 0 bridgehead atoms. The van der Waals surface area contributed by atoms with Crippen molar-refractivity contribution in [2.45, 2.75) is 58.8 Å². The Labute approximate surface area is 172 Å². The summed E-state index contributed by atoms with van der Waals surface area (Å²) in [6, 6.07) is 7.65. The number of oxazole rings is 1. The molecule has 7 heteroatoms. The van der Waals surface area contributed by atoms with Gasteiger partial charge in [-0.25, -0.2) is 10.4 Å². The molecule has 7 nitrogen and oxygen atoms in total. The van der Waals surface area contributed by atoms with E-state index in [1.807, 2.05) is 24.3 Å². The van der Waals surface area contributed by atoms with Gasteiger partial charge in [0.25, 0.3) is 5.88 Å². The van der Waals surface area contributed by atoms with E-state index in [1.54, 1.807) is 13.3 Å². The largest absolute Gasteiger partial charge is 0.493 e. The smallest absolute Gasteiger partial charge is 0.252 e. The third kappa shape index (κ3) is 6.24. The first-order chi connectivity index (χ1) is 14.2. The number of aromatic nitrogens is 1. The lowest BCUT2D eigenvalue weighted by Crippen LogP contribution is -2.00. The second kappa shape index (κ2) is 11.7. The quantitative estimate of drug-likeness (QED) is 0.289. The van der Waals surface area contributed by atoms with Crippen LogP contribution in [0.2, 0.25) is 0 Å². The molecule has 2 aromatic rings. The predicted octanol–water partition coefficient (Wildman–Crippen LogP) is 5.47. The van der Waals surface area contributed by atoms with Crippen molar-refractivity contribution in [2.75, 3.05) is 19.1 Å². The molecule has 0 spiro atoms. The molecule has 0 aliphatic rings. The molecule has 1 aromatic heterocycles. The second-order valence-electron chi connectivity index (χ2n) is 6.69. The maximum Gasteiger partial charge on any atom is 0.252 e. The highest BCUT2D eigenvalue weighted by Crippen LogP contribution is 2.29. The first kappa shape index (κ1) is 22.3. The zero-order valence-corrected chi connectivity index (χ0v) is 17.7. The Bertz CT molecular complexity index is 835. The molecule has 0 unspecified atom stereocenters. The van der Waals surface area contributed by atoms with E-state index < -0.39 is 0 Å². The molecule has 0 fully saturated rings. The van der Waals surface area contributed by atoms with Crippen LogP contribution in [0.15, 0.2) is 27.7 Å². The number of nitrogens with one attached hydrogen (secondary N) is 1. The van der Waals surface area contributed by atoms with Gasteiger partial charge in [0.15, 0.2) is 11.5 Å². The van der Waals surface area contributed by atoms with E-state index in [1.165, 1.54) is 0 Å². The summed E-state index contributed by atoms with van der Waals surface area (Å²) in [7, 11) is 1.61. The fourth-order valence-corrected chi connectivity index (χ4v) is 2.88. The van der Waals surface area contributed by atoms with Gasteiger partial charge in [-0.2, -0.15) is 10.4 Å². The molecule has 1 aromatic carbocycles. The summed E-state index contributed by atoms with van der Waals surface area (Å²) in [5.74, 6) is 2.38. The first-order valence-corrected chi connectivity index (χ1v) is 10.2. The molecule has 1 heterocycles. The van der Waals surface area contributed by atoms with Crippen LogP contribution in [-0.4, -0.2) is 24.9 Å². The van der Waals surface area contributed by atoms with Crippen LogP contribution >= 0.6 is 0 Å². The van der Waals surface area contributed by atoms with Crippen molar-refractivity contribution in [3.8, 4) is 17.6 Å². The highest BCUT2D eigenvalue weighted by Gasteiger charge is 2.18. The molecule has 0 aliphatic carbocycles. The maximum atomic E-state index is 9.28. The van der Waals surface area contributed by atoms with Crippen LogP contribution in [-0.2, 0) is 0 Å². The predicted molar refractivity (Wildman–Crippen MR) is 114 cm³/mol. The number of anilines is 1. The summed E-state index contributed by atoms with van der Waals surface area (Å²) < 4.78 is 16.9. The standard InChI is InChI=1S/C22H30N4O3/c1-5-8-9-12-28-19-11-10-16(13-20(19)27-4)15-24-26-22-18(14-23)25-21(29-22)17(6-2)7-3/h10-11,13,15,17,26H,5-9,12H2,1-4H3. The van der Waals surface area contributed by atoms with Gasteiger partial charge in [-0.05, 0) is 43.0 Å². The van der Waals surface area contributed by atoms with Gasteiger partial charge in [-0.15, -0.1) is 0 Å². The zero-order chi connectivity index (χ0) is 21.1. The van der Waals surface area contributed by atoms with Crippen LogP contribution in [0, 0.1) is 11.3 Å². The van der Waals surface area contributed by atoms with Crippen molar-refractivity contribution in [1.29, 1.82) is 5.26 Å². The topological polar surface area (TPSA) is 92.7 Å². The fourth-order valence-electron chi connectivity index (χ4n) is 2.88. The third-order valence-corrected chi connectivity index (χ3v) is 4.66. The van der Waals surface area contributed by atoms with Crippen LogP contribution in [0.4, 0.5) is 5.88 Å². The number of nitrogens with zero attached hydrogens (tertiary/aromatic N) is 3. The number of methoxy groups -OCH3 is 1. The minimum absolute atomic E-state index is 0.191. The lowest BCUT2D eigenvalue weighted by molar-refractivity contribution is 0.286. The number of hydrazone groups is 1. The van der Waals surface area contributed by atoms with Crippen molar-refractivity contribution in [3.63, 3.8) is 0 Å². The fraction of sp³-hybridized carbons (Fsp3) is 0.500. The summed E-state index contributed by atoms with van der Waals surface area (Å²) >= 11 is 0. The number of rotatable bonds is 12. The molecule has 0 amide bonds. The summed E-state index contributed by atoms with van der Waals surface area (Å²) in [6.45, 7) is 6.97. The Morgan fingerprint density at radius 3 is 2.69 bits per heavy atom. The first-order valence-electron chi connectivity index (χ1n) is 10.2. The molecule has 0 radical (unpaired) electrons. The lowest BCUT2D eigenvalue weighted by Gasteiger charge is -2.11. The van der Waals surface area contributed by atoms with Crippen molar-refractivity contribution < 1.29 is 13.9 Å². The van der Waals surface area contributed by atoms with Crippen molar-refractivity contribution >= 4 is 12.1 Å². The number of ether oxygens (including phenoxy) is 2. The van der Waals surface area contributed by atoms with Gasteiger partial charge in [-0.3, -0.25) is 0 Å². The maximum absolute atomic E-state index is 9.28. The molecule has 0 saturated heterocycles. The van der Waals surface area contributed by atoms with Gasteiger partial charge in [-0.1, -0.05) is 33.6 Å². The number of benzene rings is 1. The van der Waals surface area contributed by atoms with Gasteiger partial charge >= 0.3 is 0 Å². The zero-order valence-electron chi connectivity index (χ0n) is 17.7. The van der Waals surface area contributed by atoms with Gasteiger partial charge in [0, 0.05) is 5.92 Å². The highest BCUT2D eigenvalue weighted by molar-refractivity contribution is 5.81. The van der Waals surface area contributed by atoms with E-state index in [4.69, 9.17) is 13.9 Å². The Morgan fingerprint density at radius 2 is 2.03 bits per heavy atom. The van der Waals surface area contributed by atoms with Gasteiger partial charge in [0.2, 0.25) is 11.6 Å². The average Bonchev–Trinajstić information content (AvgIpc) is 3.15. The molecule has 0 saturated carbocycles. The van der Waals surface area contributed by atoms with Crippen LogP contribution in [0.3, 0.4) is 0 Å². The van der Waals surface area contributed by atoms with Crippen LogP contribution < -0.4 is 14.9 Å². The molecule has 156 valence electrons. The molecule has 1 N–H and O–H groups in total. The van der Waals surface area contributed by atoms with Crippen molar-refractivity contribution in [1.82, 2.24) is 4.98 Å². The summed E-state index contributed by atoms with van der Waals surface area (Å²) in [5, 5.41) is 13.5. The Balaban J connectivity index is 2.05. The lowest BCUT2D eigenvalue weighted by atomic mass is 10.0. The van der Waals surface area contributed by atoms with E-state index in [9.17, 15) is 5.26 Å². The van der Waals surface area contributed by atoms with E-state index in [0.717, 1.165) is 37.7 Å². The number of nitriles is 1. The monoisotopic (exact) mass is 398 g/mol. The Hall–Kier alpha value is -3.01. The van der Waals surface area contributed by atoms with Gasteiger partial charge < -0.3 is 13.9 Å². The van der Waals surface area contributed by atoms with Crippen LogP contribution in [0.1, 0.15) is 75.9 Å². The van der Waals surface area contributed by atoms with E-state index in [2.05, 4.69) is 36.3 Å². The highest BCUT2D eigenvalue weighted by atomic mass is 16.5. The normalized spacial score (nSPS) is 11.0. The molecule has 2 rings (SSSR count). The summed E-state index contributed by atoms with van der Waals surface area (Å²) in [4.78, 5) is 4.28. The minimum Gasteiger partial charge on any atom is -0.493 e. The number of unbranched alkanes of at least 4 members (excludes halogenated alkanes) is 2. The Morgan fingerprint density at radius 1 is 1.24 bits per heavy atom. The number of hydrogen-bond acceptors (Lipinski definition) is 7. The van der Waals surface area contributed by atoms with Crippen molar-refractivity contribution in [2.24, 2.45) is 5.10 Å². The second-order valence-corrected chi connectivity index (χ2v) is 6.69. The van der Waals surface area contributed by atoms with Crippen LogP contribution in [0.25, 0.3) is 0 Å². The van der Waals surface area contributed by atoms with Crippen LogP contribution in [0.5, 0.6) is 11.5 Å². The molecular weight excluding hydrogens is 368 g/mol. The third-order valence-electron chi connectivity index (χ3n) is 4.66.